The second-order valence-electron chi connectivity index (χ2n) is 5.52. The fourth-order valence-electron chi connectivity index (χ4n) is 1.63. The van der Waals surface area contributed by atoms with Crippen molar-refractivity contribution >= 4 is 12.4 Å². The third-order valence-corrected chi connectivity index (χ3v) is 2.47. The van der Waals surface area contributed by atoms with Gasteiger partial charge < -0.3 is 24.3 Å². The van der Waals surface area contributed by atoms with Crippen LogP contribution in [0.25, 0.3) is 0 Å². The van der Waals surface area contributed by atoms with Crippen molar-refractivity contribution in [2.45, 2.75) is 58.0 Å². The maximum atomic E-state index is 11.5. The van der Waals surface area contributed by atoms with Crippen molar-refractivity contribution < 1.29 is 23.8 Å². The number of hydrogen-bond donors (Lipinski definition) is 1. The highest BCUT2D eigenvalue weighted by Crippen LogP contribution is 2.13. The van der Waals surface area contributed by atoms with Crippen LogP contribution in [0.4, 0.5) is 4.79 Å². The van der Waals surface area contributed by atoms with Gasteiger partial charge in [0.1, 0.15) is 17.9 Å². The summed E-state index contributed by atoms with van der Waals surface area (Å²) < 4.78 is 15.9. The lowest BCUT2D eigenvalue weighted by Gasteiger charge is -2.25. The zero-order chi connectivity index (χ0) is 14.3. The molecule has 0 aromatic carbocycles. The molecule has 0 saturated carbocycles. The van der Waals surface area contributed by atoms with E-state index >= 15 is 0 Å². The first kappa shape index (κ1) is 15.9. The highest BCUT2D eigenvalue weighted by Gasteiger charge is 2.21. The summed E-state index contributed by atoms with van der Waals surface area (Å²) in [5, 5.41) is 2.45. The summed E-state index contributed by atoms with van der Waals surface area (Å²) >= 11 is 0. The molecule has 1 amide bonds. The molecule has 0 spiro atoms. The minimum Gasteiger partial charge on any atom is -0.444 e. The lowest BCUT2D eigenvalue weighted by atomic mass is 10.2. The molecular formula is C13H23NO5. The summed E-state index contributed by atoms with van der Waals surface area (Å²) in [4.78, 5) is 22.4. The van der Waals surface area contributed by atoms with Crippen molar-refractivity contribution in [2.75, 3.05) is 13.2 Å². The smallest absolute Gasteiger partial charge is 0.408 e. The van der Waals surface area contributed by atoms with Crippen LogP contribution in [0.1, 0.15) is 40.0 Å². The SMILES string of the molecule is CC(C)(C)OC(=O)N[C@@H](C=O)COC1CCCCO1. The Bertz CT molecular complexity index is 294. The van der Waals surface area contributed by atoms with E-state index < -0.39 is 17.7 Å². The van der Waals surface area contributed by atoms with Gasteiger partial charge in [-0.25, -0.2) is 4.79 Å². The van der Waals surface area contributed by atoms with Gasteiger partial charge in [0.2, 0.25) is 0 Å². The predicted molar refractivity (Wildman–Crippen MR) is 68.8 cm³/mol. The van der Waals surface area contributed by atoms with Crippen molar-refractivity contribution in [2.24, 2.45) is 0 Å². The van der Waals surface area contributed by atoms with Crippen molar-refractivity contribution in [3.8, 4) is 0 Å². The van der Waals surface area contributed by atoms with Crippen LogP contribution in [0.2, 0.25) is 0 Å². The summed E-state index contributed by atoms with van der Waals surface area (Å²) in [6.07, 6.45) is 2.63. The summed E-state index contributed by atoms with van der Waals surface area (Å²) in [5.41, 5.74) is -0.592. The molecule has 6 nitrogen and oxygen atoms in total. The average Bonchev–Trinajstić information content (AvgIpc) is 2.33. The molecule has 1 unspecified atom stereocenters. The predicted octanol–water partition coefficient (Wildman–Crippen LogP) is 1.62. The van der Waals surface area contributed by atoms with Gasteiger partial charge in [0, 0.05) is 6.61 Å². The number of alkyl carbamates (subject to hydrolysis) is 1. The monoisotopic (exact) mass is 273 g/mol. The fraction of sp³-hybridized carbons (Fsp3) is 0.846. The first-order valence-corrected chi connectivity index (χ1v) is 6.59. The van der Waals surface area contributed by atoms with E-state index in [0.717, 1.165) is 19.3 Å². The largest absolute Gasteiger partial charge is 0.444 e. The summed E-state index contributed by atoms with van der Waals surface area (Å²) in [7, 11) is 0. The Hall–Kier alpha value is -1.14. The second kappa shape index (κ2) is 7.45. The summed E-state index contributed by atoms with van der Waals surface area (Å²) in [6, 6.07) is -0.722. The summed E-state index contributed by atoms with van der Waals surface area (Å²) in [5.74, 6) is 0. The topological polar surface area (TPSA) is 73.9 Å². The molecule has 0 aromatic rings. The quantitative estimate of drug-likeness (QED) is 0.770. The molecule has 2 atom stereocenters. The number of aldehydes is 1. The van der Waals surface area contributed by atoms with E-state index in [-0.39, 0.29) is 12.9 Å². The van der Waals surface area contributed by atoms with Crippen LogP contribution in [0.3, 0.4) is 0 Å². The molecule has 1 aliphatic rings. The number of nitrogens with one attached hydrogen (secondary N) is 1. The zero-order valence-corrected chi connectivity index (χ0v) is 11.8. The number of carbonyl (C=O) groups excluding carboxylic acids is 2. The first-order chi connectivity index (χ1) is 8.90. The van der Waals surface area contributed by atoms with Gasteiger partial charge in [0.15, 0.2) is 6.29 Å². The van der Waals surface area contributed by atoms with Crippen molar-refractivity contribution in [1.29, 1.82) is 0 Å². The molecule has 110 valence electrons. The van der Waals surface area contributed by atoms with Crippen LogP contribution >= 0.6 is 0 Å². The number of rotatable bonds is 5. The number of ether oxygens (including phenoxy) is 3. The van der Waals surface area contributed by atoms with Gasteiger partial charge in [-0.15, -0.1) is 0 Å². The number of carbonyl (C=O) groups is 2. The Morgan fingerprint density at radius 1 is 1.47 bits per heavy atom. The van der Waals surface area contributed by atoms with Gasteiger partial charge in [0.05, 0.1) is 6.61 Å². The number of amides is 1. The maximum absolute atomic E-state index is 11.5. The van der Waals surface area contributed by atoms with Gasteiger partial charge in [-0.05, 0) is 40.0 Å². The molecule has 1 aliphatic heterocycles. The number of hydrogen-bond acceptors (Lipinski definition) is 5. The Labute approximate surface area is 113 Å². The maximum Gasteiger partial charge on any atom is 0.408 e. The van der Waals surface area contributed by atoms with Gasteiger partial charge >= 0.3 is 6.09 Å². The minimum absolute atomic E-state index is 0.0907. The summed E-state index contributed by atoms with van der Waals surface area (Å²) in [6.45, 7) is 6.04. The van der Waals surface area contributed by atoms with Crippen LogP contribution in [0.5, 0.6) is 0 Å². The van der Waals surface area contributed by atoms with Crippen molar-refractivity contribution in [3.05, 3.63) is 0 Å². The Kier molecular flexibility index (Phi) is 6.24. The standard InChI is InChI=1S/C13H23NO5/c1-13(2,3)19-12(16)14-10(8-15)9-18-11-6-4-5-7-17-11/h8,10-11H,4-7,9H2,1-3H3,(H,14,16)/t10-,11?/m0/s1. The zero-order valence-electron chi connectivity index (χ0n) is 11.8. The average molecular weight is 273 g/mol. The van der Waals surface area contributed by atoms with Crippen LogP contribution < -0.4 is 5.32 Å². The first-order valence-electron chi connectivity index (χ1n) is 6.59. The molecule has 1 rings (SSSR count). The molecular weight excluding hydrogens is 250 g/mol. The third-order valence-electron chi connectivity index (χ3n) is 2.47. The lowest BCUT2D eigenvalue weighted by molar-refractivity contribution is -0.166. The molecule has 1 fully saturated rings. The second-order valence-corrected chi connectivity index (χ2v) is 5.52. The van der Waals surface area contributed by atoms with E-state index in [4.69, 9.17) is 14.2 Å². The van der Waals surface area contributed by atoms with E-state index in [2.05, 4.69) is 5.32 Å². The minimum atomic E-state index is -0.722. The fourth-order valence-corrected chi connectivity index (χ4v) is 1.63. The Morgan fingerprint density at radius 2 is 2.21 bits per heavy atom. The highest BCUT2D eigenvalue weighted by atomic mass is 16.7. The molecule has 0 aliphatic carbocycles. The van der Waals surface area contributed by atoms with Crippen molar-refractivity contribution in [3.63, 3.8) is 0 Å². The molecule has 1 N–H and O–H groups in total. The van der Waals surface area contributed by atoms with Crippen molar-refractivity contribution in [1.82, 2.24) is 5.32 Å². The van der Waals surface area contributed by atoms with Crippen LogP contribution in [0.15, 0.2) is 0 Å². The molecule has 1 heterocycles. The van der Waals surface area contributed by atoms with E-state index in [0.29, 0.717) is 12.9 Å². The van der Waals surface area contributed by atoms with E-state index in [1.54, 1.807) is 20.8 Å². The highest BCUT2D eigenvalue weighted by molar-refractivity contribution is 5.73. The van der Waals surface area contributed by atoms with E-state index in [9.17, 15) is 9.59 Å². The molecule has 6 heteroatoms. The van der Waals surface area contributed by atoms with Gasteiger partial charge in [0.25, 0.3) is 0 Å². The molecule has 19 heavy (non-hydrogen) atoms. The third kappa shape index (κ3) is 7.12. The molecule has 1 saturated heterocycles. The molecule has 0 bridgehead atoms. The van der Waals surface area contributed by atoms with Crippen LogP contribution in [-0.2, 0) is 19.0 Å². The normalized spacial score (nSPS) is 21.5. The molecule has 0 radical (unpaired) electrons. The van der Waals surface area contributed by atoms with Crippen LogP contribution in [-0.4, -0.2) is 43.5 Å². The Morgan fingerprint density at radius 3 is 2.74 bits per heavy atom. The lowest BCUT2D eigenvalue weighted by Crippen LogP contribution is -2.43. The van der Waals surface area contributed by atoms with E-state index in [1.807, 2.05) is 0 Å². The van der Waals surface area contributed by atoms with Gasteiger partial charge in [-0.3, -0.25) is 0 Å². The molecule has 0 aromatic heterocycles. The van der Waals surface area contributed by atoms with E-state index in [1.165, 1.54) is 0 Å². The van der Waals surface area contributed by atoms with Gasteiger partial charge in [-0.1, -0.05) is 0 Å². The van der Waals surface area contributed by atoms with Gasteiger partial charge in [-0.2, -0.15) is 0 Å². The van der Waals surface area contributed by atoms with Crippen LogP contribution in [0, 0.1) is 0 Å². The Balaban J connectivity index is 2.28.